The van der Waals surface area contributed by atoms with Gasteiger partial charge in [-0.1, -0.05) is 99.8 Å². The highest BCUT2D eigenvalue weighted by atomic mass is 79.9. The summed E-state index contributed by atoms with van der Waals surface area (Å²) in [4.78, 5) is 25.2. The maximum absolute atomic E-state index is 7.76. The summed E-state index contributed by atoms with van der Waals surface area (Å²) in [5.41, 5.74) is 4.76. The molecule has 0 atom stereocenters. The minimum absolute atomic E-state index is 0.372. The average molecular weight is 746 g/mol. The summed E-state index contributed by atoms with van der Waals surface area (Å²) in [6.07, 6.45) is 15.1. The fourth-order valence-corrected chi connectivity index (χ4v) is 5.28. The lowest BCUT2D eigenvalue weighted by Gasteiger charge is -2.16. The summed E-state index contributed by atoms with van der Waals surface area (Å²) < 4.78 is 49.9. The third-order valence-corrected chi connectivity index (χ3v) is 8.11. The smallest absolute Gasteiger partial charge is 0.251 e. The largest absolute Gasteiger partial charge is 0.264 e. The third-order valence-electron chi connectivity index (χ3n) is 7.62. The van der Waals surface area contributed by atoms with Gasteiger partial charge in [-0.25, -0.2) is 24.5 Å². The molecule has 6 aromatic heterocycles. The molecular formula is C40H39BrN10. The second-order valence-corrected chi connectivity index (χ2v) is 13.6. The lowest BCUT2D eigenvalue weighted by Crippen LogP contribution is -2.15. The summed E-state index contributed by atoms with van der Waals surface area (Å²) in [6.45, 7) is 2.23. The van der Waals surface area contributed by atoms with Gasteiger partial charge in [0.05, 0.1) is 41.9 Å². The molecule has 0 N–H and O–H groups in total. The van der Waals surface area contributed by atoms with Crippen LogP contribution in [0.15, 0.2) is 133 Å². The van der Waals surface area contributed by atoms with E-state index in [2.05, 4.69) is 74.2 Å². The SMILES string of the molecule is Brc1cccc(-c2cccnc2)c1.[2H]C([2H])([2H])C(C)(C)c1cnn2c(-c3cccc(-c4cccnc4)c3)cnc2n1.[2H]C([2H])([2H])C(C)(C)c1cnn2ccnc2n1. The Morgan fingerprint density at radius 3 is 1.80 bits per heavy atom. The molecule has 10 nitrogen and oxygen atoms in total. The number of nitrogens with zero attached hydrogens (tertiary/aromatic N) is 10. The summed E-state index contributed by atoms with van der Waals surface area (Å²) >= 11 is 3.44. The average Bonchev–Trinajstić information content (AvgIpc) is 3.85. The molecule has 0 unspecified atom stereocenters. The van der Waals surface area contributed by atoms with Gasteiger partial charge in [0.25, 0.3) is 11.6 Å². The standard InChI is InChI=1S/C20H19N5.C11H8BrN.C9H12N4/c1-20(2,3)18-13-23-25-17(12-22-19(25)24-18)15-7-4-6-14(10-15)16-8-5-9-21-11-16;12-11-5-1-3-9(7-11)10-4-2-6-13-8-10;1-9(2,3)7-6-11-13-5-4-10-8(13)12-7/h4-13H,1-3H3;1-8H;4-6H,1-3H3/i1D3;;1D3. The Bertz CT molecular complexity index is 2590. The molecule has 0 aliphatic rings. The van der Waals surface area contributed by atoms with E-state index in [-0.39, 0.29) is 0 Å². The van der Waals surface area contributed by atoms with Gasteiger partial charge in [-0.3, -0.25) is 9.97 Å². The molecule has 51 heavy (non-hydrogen) atoms. The summed E-state index contributed by atoms with van der Waals surface area (Å²) in [5, 5.41) is 8.49. The van der Waals surface area contributed by atoms with E-state index in [9.17, 15) is 0 Å². The molecular weight excluding hydrogens is 700 g/mol. The lowest BCUT2D eigenvalue weighted by atomic mass is 9.93. The van der Waals surface area contributed by atoms with Crippen LogP contribution in [0.3, 0.4) is 0 Å². The highest BCUT2D eigenvalue weighted by Gasteiger charge is 2.19. The van der Waals surface area contributed by atoms with Crippen molar-refractivity contribution in [3.05, 3.63) is 144 Å². The Balaban J connectivity index is 0.000000160. The Kier molecular flexibility index (Phi) is 8.29. The maximum Gasteiger partial charge on any atom is 0.251 e. The van der Waals surface area contributed by atoms with Crippen LogP contribution < -0.4 is 0 Å². The van der Waals surface area contributed by atoms with E-state index in [0.29, 0.717) is 22.9 Å². The first kappa shape index (κ1) is 28.1. The predicted molar refractivity (Wildman–Crippen MR) is 205 cm³/mol. The minimum Gasteiger partial charge on any atom is -0.264 e. The molecule has 11 heteroatoms. The maximum atomic E-state index is 7.76. The Morgan fingerprint density at radius 2 is 1.18 bits per heavy atom. The van der Waals surface area contributed by atoms with Crippen LogP contribution in [0.4, 0.5) is 0 Å². The van der Waals surface area contributed by atoms with Gasteiger partial charge in [-0.05, 0) is 41.5 Å². The van der Waals surface area contributed by atoms with E-state index >= 15 is 0 Å². The minimum atomic E-state index is -2.19. The van der Waals surface area contributed by atoms with E-state index in [1.165, 1.54) is 22.5 Å². The van der Waals surface area contributed by atoms with Gasteiger partial charge in [0.15, 0.2) is 0 Å². The van der Waals surface area contributed by atoms with Gasteiger partial charge in [0.1, 0.15) is 0 Å². The number of imidazole rings is 2. The number of hydrogen-bond donors (Lipinski definition) is 0. The van der Waals surface area contributed by atoms with E-state index in [4.69, 9.17) is 8.22 Å². The second kappa shape index (κ2) is 15.1. The zero-order chi connectivity index (χ0) is 41.0. The van der Waals surface area contributed by atoms with Gasteiger partial charge >= 0.3 is 0 Å². The molecule has 8 rings (SSSR count). The fraction of sp³-hybridized carbons (Fsp3) is 0.200. The summed E-state index contributed by atoms with van der Waals surface area (Å²) in [7, 11) is 0. The normalized spacial score (nSPS) is 13.7. The number of benzene rings is 2. The van der Waals surface area contributed by atoms with Gasteiger partial charge < -0.3 is 0 Å². The van der Waals surface area contributed by atoms with Crippen molar-refractivity contribution in [2.24, 2.45) is 0 Å². The van der Waals surface area contributed by atoms with Crippen LogP contribution >= 0.6 is 15.9 Å². The van der Waals surface area contributed by atoms with Crippen LogP contribution in [0.5, 0.6) is 0 Å². The first-order chi connectivity index (χ1) is 27.0. The van der Waals surface area contributed by atoms with Gasteiger partial charge in [-0.15, -0.1) is 0 Å². The van der Waals surface area contributed by atoms with Gasteiger partial charge in [0, 0.05) is 71.2 Å². The van der Waals surface area contributed by atoms with E-state index in [1.54, 1.807) is 63.2 Å². The predicted octanol–water partition coefficient (Wildman–Crippen LogP) is 9.08. The van der Waals surface area contributed by atoms with Crippen LogP contribution in [0.2, 0.25) is 0 Å². The summed E-state index contributed by atoms with van der Waals surface area (Å²) in [6, 6.07) is 24.1. The quantitative estimate of drug-likeness (QED) is 0.176. The molecule has 0 saturated carbocycles. The van der Waals surface area contributed by atoms with Crippen LogP contribution in [-0.2, 0) is 10.8 Å². The fourth-order valence-electron chi connectivity index (χ4n) is 4.88. The van der Waals surface area contributed by atoms with Crippen molar-refractivity contribution in [1.29, 1.82) is 0 Å². The number of aromatic nitrogens is 10. The number of rotatable bonds is 3. The van der Waals surface area contributed by atoms with Crippen LogP contribution in [0.1, 0.15) is 61.0 Å². The van der Waals surface area contributed by atoms with Crippen molar-refractivity contribution >= 4 is 27.5 Å². The molecule has 0 fully saturated rings. The summed E-state index contributed by atoms with van der Waals surface area (Å²) in [5.74, 6) is 0.784. The van der Waals surface area contributed by atoms with E-state index < -0.39 is 24.5 Å². The molecule has 0 radical (unpaired) electrons. The Morgan fingerprint density at radius 1 is 0.588 bits per heavy atom. The number of halogens is 1. The molecule has 0 amide bonds. The van der Waals surface area contributed by atoms with Crippen molar-refractivity contribution in [3.8, 4) is 33.5 Å². The monoisotopic (exact) mass is 744 g/mol. The first-order valence-electron chi connectivity index (χ1n) is 19.0. The molecule has 0 aliphatic carbocycles. The highest BCUT2D eigenvalue weighted by molar-refractivity contribution is 9.10. The van der Waals surface area contributed by atoms with Crippen LogP contribution in [-0.4, -0.2) is 49.1 Å². The van der Waals surface area contributed by atoms with Crippen molar-refractivity contribution in [2.75, 3.05) is 0 Å². The van der Waals surface area contributed by atoms with Crippen molar-refractivity contribution < 1.29 is 8.22 Å². The molecule has 8 aromatic rings. The number of pyridine rings is 2. The van der Waals surface area contributed by atoms with Crippen LogP contribution in [0, 0.1) is 0 Å². The van der Waals surface area contributed by atoms with Crippen molar-refractivity contribution in [1.82, 2.24) is 49.1 Å². The van der Waals surface area contributed by atoms with Crippen molar-refractivity contribution in [3.63, 3.8) is 0 Å². The molecule has 256 valence electrons. The topological polar surface area (TPSA) is 112 Å². The van der Waals surface area contributed by atoms with Gasteiger partial charge in [0.2, 0.25) is 0 Å². The number of hydrogen-bond acceptors (Lipinski definition) is 8. The molecule has 6 heterocycles. The first-order valence-corrected chi connectivity index (χ1v) is 16.8. The zero-order valence-electron chi connectivity index (χ0n) is 34.5. The van der Waals surface area contributed by atoms with Crippen LogP contribution in [0.25, 0.3) is 45.1 Å². The second-order valence-electron chi connectivity index (χ2n) is 12.6. The lowest BCUT2D eigenvalue weighted by molar-refractivity contribution is 0.561. The third kappa shape index (κ3) is 8.74. The van der Waals surface area contributed by atoms with Crippen molar-refractivity contribution in [2.45, 2.75) is 52.2 Å². The van der Waals surface area contributed by atoms with E-state index in [0.717, 1.165) is 32.4 Å². The number of fused-ring (bicyclic) bond motifs is 2. The van der Waals surface area contributed by atoms with Gasteiger partial charge in [-0.2, -0.15) is 14.7 Å². The zero-order valence-corrected chi connectivity index (χ0v) is 30.1. The Labute approximate surface area is 314 Å². The Hall–Kier alpha value is -5.68. The molecule has 0 saturated heterocycles. The molecule has 0 bridgehead atoms. The van der Waals surface area contributed by atoms with E-state index in [1.807, 2.05) is 67.0 Å². The molecule has 2 aromatic carbocycles. The highest BCUT2D eigenvalue weighted by Crippen LogP contribution is 2.27. The molecule has 0 spiro atoms. The molecule has 0 aliphatic heterocycles.